The lowest BCUT2D eigenvalue weighted by Crippen LogP contribution is -2.33. The number of fused-ring (bicyclic) bond motifs is 1. The van der Waals surface area contributed by atoms with Crippen LogP contribution in [0.3, 0.4) is 0 Å². The topological polar surface area (TPSA) is 79.2 Å². The Balaban J connectivity index is 2.53. The van der Waals surface area contributed by atoms with Gasteiger partial charge in [0, 0.05) is 35.9 Å². The SMILES string of the molecule is CCN(CC(C)C)S(=O)(=O)c1c[nH]c2ccc(N)cc12. The van der Waals surface area contributed by atoms with Crippen molar-refractivity contribution in [2.75, 3.05) is 18.8 Å². The highest BCUT2D eigenvalue weighted by Gasteiger charge is 2.26. The van der Waals surface area contributed by atoms with Gasteiger partial charge >= 0.3 is 0 Å². The summed E-state index contributed by atoms with van der Waals surface area (Å²) in [5.74, 6) is 0.278. The summed E-state index contributed by atoms with van der Waals surface area (Å²) in [6.07, 6.45) is 1.54. The normalized spacial score (nSPS) is 12.7. The van der Waals surface area contributed by atoms with E-state index in [9.17, 15) is 8.42 Å². The molecule has 1 heterocycles. The molecule has 1 aromatic carbocycles. The first-order valence-corrected chi connectivity index (χ1v) is 8.17. The lowest BCUT2D eigenvalue weighted by molar-refractivity contribution is 0.381. The Hall–Kier alpha value is -1.53. The number of hydrogen-bond acceptors (Lipinski definition) is 3. The fourth-order valence-corrected chi connectivity index (χ4v) is 4.04. The number of rotatable bonds is 5. The molecular formula is C14H21N3O2S. The monoisotopic (exact) mass is 295 g/mol. The molecule has 0 bridgehead atoms. The molecule has 110 valence electrons. The zero-order chi connectivity index (χ0) is 14.9. The van der Waals surface area contributed by atoms with Gasteiger partial charge in [-0.3, -0.25) is 0 Å². The van der Waals surface area contributed by atoms with E-state index in [0.29, 0.717) is 29.1 Å². The number of H-pyrrole nitrogens is 1. The van der Waals surface area contributed by atoms with Crippen LogP contribution in [0.15, 0.2) is 29.3 Å². The molecule has 6 heteroatoms. The molecule has 0 atom stereocenters. The van der Waals surface area contributed by atoms with Crippen LogP contribution in [0.5, 0.6) is 0 Å². The van der Waals surface area contributed by atoms with Crippen molar-refractivity contribution in [2.24, 2.45) is 5.92 Å². The van der Waals surface area contributed by atoms with Crippen LogP contribution in [-0.4, -0.2) is 30.8 Å². The molecule has 0 saturated heterocycles. The number of anilines is 1. The number of nitrogens with two attached hydrogens (primary N) is 1. The van der Waals surface area contributed by atoms with Crippen LogP contribution < -0.4 is 5.73 Å². The predicted molar refractivity (Wildman–Crippen MR) is 82.0 cm³/mol. The van der Waals surface area contributed by atoms with Gasteiger partial charge in [0.05, 0.1) is 0 Å². The van der Waals surface area contributed by atoms with Crippen LogP contribution in [0.2, 0.25) is 0 Å². The number of aromatic nitrogens is 1. The molecule has 0 aliphatic carbocycles. The number of nitrogens with zero attached hydrogens (tertiary/aromatic N) is 1. The number of benzene rings is 1. The van der Waals surface area contributed by atoms with Crippen molar-refractivity contribution in [2.45, 2.75) is 25.7 Å². The minimum atomic E-state index is -3.50. The van der Waals surface area contributed by atoms with Crippen LogP contribution in [0.1, 0.15) is 20.8 Å². The van der Waals surface area contributed by atoms with Crippen molar-refractivity contribution in [3.05, 3.63) is 24.4 Å². The van der Waals surface area contributed by atoms with Crippen LogP contribution in [0.4, 0.5) is 5.69 Å². The van der Waals surface area contributed by atoms with Crippen molar-refractivity contribution in [3.63, 3.8) is 0 Å². The lowest BCUT2D eigenvalue weighted by atomic mass is 10.2. The van der Waals surface area contributed by atoms with Gasteiger partial charge in [0.25, 0.3) is 0 Å². The number of nitrogen functional groups attached to an aromatic ring is 1. The van der Waals surface area contributed by atoms with E-state index in [1.54, 1.807) is 24.4 Å². The van der Waals surface area contributed by atoms with E-state index in [1.807, 2.05) is 20.8 Å². The Bertz CT molecular complexity index is 704. The van der Waals surface area contributed by atoms with Crippen molar-refractivity contribution in [1.82, 2.24) is 9.29 Å². The molecule has 0 spiro atoms. The van der Waals surface area contributed by atoms with Crippen molar-refractivity contribution < 1.29 is 8.42 Å². The van der Waals surface area contributed by atoms with E-state index >= 15 is 0 Å². The zero-order valence-electron chi connectivity index (χ0n) is 12.1. The molecule has 1 aromatic heterocycles. The van der Waals surface area contributed by atoms with Crippen LogP contribution in [0.25, 0.3) is 10.9 Å². The Morgan fingerprint density at radius 2 is 2.05 bits per heavy atom. The standard InChI is InChI=1S/C14H21N3O2S/c1-4-17(9-10(2)3)20(18,19)14-8-16-13-6-5-11(15)7-12(13)14/h5-8,10,16H,4,9,15H2,1-3H3. The summed E-state index contributed by atoms with van der Waals surface area (Å²) in [6.45, 7) is 6.82. The average Bonchev–Trinajstić information content (AvgIpc) is 2.78. The fourth-order valence-electron chi connectivity index (χ4n) is 2.27. The Kier molecular flexibility index (Phi) is 4.06. The van der Waals surface area contributed by atoms with Gasteiger partial charge in [0.15, 0.2) is 0 Å². The molecule has 0 saturated carbocycles. The maximum atomic E-state index is 12.8. The summed E-state index contributed by atoms with van der Waals surface area (Å²) in [6, 6.07) is 5.24. The van der Waals surface area contributed by atoms with Gasteiger partial charge in [-0.2, -0.15) is 4.31 Å². The minimum absolute atomic E-state index is 0.278. The van der Waals surface area contributed by atoms with Gasteiger partial charge in [-0.25, -0.2) is 8.42 Å². The smallest absolute Gasteiger partial charge is 0.245 e. The molecule has 0 radical (unpaired) electrons. The predicted octanol–water partition coefficient (Wildman–Crippen LogP) is 2.42. The number of hydrogen-bond donors (Lipinski definition) is 2. The lowest BCUT2D eigenvalue weighted by Gasteiger charge is -2.22. The number of aromatic amines is 1. The van der Waals surface area contributed by atoms with Gasteiger partial charge < -0.3 is 10.7 Å². The molecule has 0 amide bonds. The second-order valence-electron chi connectivity index (χ2n) is 5.31. The molecule has 2 aromatic rings. The van der Waals surface area contributed by atoms with E-state index < -0.39 is 10.0 Å². The summed E-state index contributed by atoms with van der Waals surface area (Å²) in [5.41, 5.74) is 7.09. The van der Waals surface area contributed by atoms with Crippen LogP contribution >= 0.6 is 0 Å². The molecule has 2 rings (SSSR count). The Morgan fingerprint density at radius 1 is 1.35 bits per heavy atom. The summed E-state index contributed by atoms with van der Waals surface area (Å²) in [5, 5.41) is 0.646. The molecule has 0 aliphatic rings. The highest BCUT2D eigenvalue weighted by atomic mass is 32.2. The van der Waals surface area contributed by atoms with Crippen LogP contribution in [0, 0.1) is 5.92 Å². The van der Waals surface area contributed by atoms with E-state index in [1.165, 1.54) is 4.31 Å². The largest absolute Gasteiger partial charge is 0.399 e. The fraction of sp³-hybridized carbons (Fsp3) is 0.429. The zero-order valence-corrected chi connectivity index (χ0v) is 12.9. The molecule has 0 aliphatic heterocycles. The number of nitrogens with one attached hydrogen (secondary N) is 1. The van der Waals surface area contributed by atoms with Gasteiger partial charge in [0.1, 0.15) is 4.90 Å². The van der Waals surface area contributed by atoms with Gasteiger partial charge in [-0.05, 0) is 24.1 Å². The molecule has 0 unspecified atom stereocenters. The third kappa shape index (κ3) is 2.66. The molecule has 20 heavy (non-hydrogen) atoms. The quantitative estimate of drug-likeness (QED) is 0.831. The molecular weight excluding hydrogens is 274 g/mol. The number of sulfonamides is 1. The third-order valence-electron chi connectivity index (χ3n) is 3.21. The summed E-state index contributed by atoms with van der Waals surface area (Å²) in [7, 11) is -3.50. The van der Waals surface area contributed by atoms with Crippen LogP contribution in [-0.2, 0) is 10.0 Å². The van der Waals surface area contributed by atoms with Gasteiger partial charge in [0.2, 0.25) is 10.0 Å². The first kappa shape index (κ1) is 14.9. The first-order valence-electron chi connectivity index (χ1n) is 6.73. The Labute approximate surface area is 119 Å². The third-order valence-corrected chi connectivity index (χ3v) is 5.19. The summed E-state index contributed by atoms with van der Waals surface area (Å²) < 4.78 is 27.0. The van der Waals surface area contributed by atoms with E-state index in [-0.39, 0.29) is 5.92 Å². The van der Waals surface area contributed by atoms with E-state index in [2.05, 4.69) is 4.98 Å². The summed E-state index contributed by atoms with van der Waals surface area (Å²) >= 11 is 0. The van der Waals surface area contributed by atoms with Crippen molar-refractivity contribution in [1.29, 1.82) is 0 Å². The van der Waals surface area contributed by atoms with Crippen molar-refractivity contribution >= 4 is 26.6 Å². The highest BCUT2D eigenvalue weighted by Crippen LogP contribution is 2.27. The second kappa shape index (κ2) is 5.46. The maximum Gasteiger partial charge on any atom is 0.245 e. The molecule has 5 nitrogen and oxygen atoms in total. The highest BCUT2D eigenvalue weighted by molar-refractivity contribution is 7.89. The minimum Gasteiger partial charge on any atom is -0.399 e. The maximum absolute atomic E-state index is 12.8. The van der Waals surface area contributed by atoms with Gasteiger partial charge in [-0.1, -0.05) is 20.8 Å². The molecule has 0 fully saturated rings. The first-order chi connectivity index (χ1) is 9.36. The second-order valence-corrected chi connectivity index (χ2v) is 7.21. The summed E-state index contributed by atoms with van der Waals surface area (Å²) in [4.78, 5) is 3.29. The average molecular weight is 295 g/mol. The van der Waals surface area contributed by atoms with E-state index in [0.717, 1.165) is 5.52 Å². The Morgan fingerprint density at radius 3 is 2.65 bits per heavy atom. The van der Waals surface area contributed by atoms with E-state index in [4.69, 9.17) is 5.73 Å². The molecule has 3 N–H and O–H groups in total. The van der Waals surface area contributed by atoms with Gasteiger partial charge in [-0.15, -0.1) is 0 Å². The van der Waals surface area contributed by atoms with Crippen molar-refractivity contribution in [3.8, 4) is 0 Å².